The van der Waals surface area contributed by atoms with Gasteiger partial charge in [0.15, 0.2) is 0 Å². The van der Waals surface area contributed by atoms with Crippen molar-refractivity contribution in [1.29, 1.82) is 0 Å². The first-order chi connectivity index (χ1) is 8.25. The van der Waals surface area contributed by atoms with Crippen molar-refractivity contribution in [3.05, 3.63) is 16.5 Å². The molecule has 110 valence electrons. The highest BCUT2D eigenvalue weighted by Gasteiger charge is 2.63. The van der Waals surface area contributed by atoms with Crippen molar-refractivity contribution in [2.45, 2.75) is 58.9 Å². The van der Waals surface area contributed by atoms with E-state index in [1.807, 2.05) is 11.3 Å². The number of thiophene rings is 1. The van der Waals surface area contributed by atoms with E-state index < -0.39 is 29.4 Å². The van der Waals surface area contributed by atoms with Crippen LogP contribution in [-0.4, -0.2) is 29.4 Å². The van der Waals surface area contributed by atoms with Crippen molar-refractivity contribution in [2.75, 3.05) is 0 Å². The van der Waals surface area contributed by atoms with E-state index in [0.29, 0.717) is 0 Å². The van der Waals surface area contributed by atoms with Gasteiger partial charge in [0.1, 0.15) is 0 Å². The zero-order valence-corrected chi connectivity index (χ0v) is 19.5. The van der Waals surface area contributed by atoms with Gasteiger partial charge in [-0.2, -0.15) is 0 Å². The molecule has 0 amide bonds. The minimum atomic E-state index is -1.40. The highest BCUT2D eigenvalue weighted by Crippen LogP contribution is 2.38. The van der Waals surface area contributed by atoms with E-state index in [9.17, 15) is 0 Å². The van der Waals surface area contributed by atoms with Gasteiger partial charge < -0.3 is 0 Å². The second-order valence-electron chi connectivity index (χ2n) is 8.60. The smallest absolute Gasteiger partial charge is 0.0926 e. The summed E-state index contributed by atoms with van der Waals surface area (Å²) >= 11 is 8.21. The van der Waals surface area contributed by atoms with Gasteiger partial charge >= 0.3 is 0 Å². The lowest BCUT2D eigenvalue weighted by Crippen LogP contribution is -2.87. The third-order valence-electron chi connectivity index (χ3n) is 4.32. The molecule has 1 aromatic heterocycles. The van der Waals surface area contributed by atoms with Crippen LogP contribution in [0.3, 0.4) is 0 Å². The maximum atomic E-state index is 6.30. The Morgan fingerprint density at radius 2 is 1.11 bits per heavy atom. The minimum Gasteiger partial charge on any atom is -0.134 e. The Morgan fingerprint density at radius 3 is 1.32 bits per heavy atom. The average Bonchev–Trinajstić information content (AvgIpc) is 2.43. The molecule has 0 saturated heterocycles. The Bertz CT molecular complexity index is 412. The van der Waals surface area contributed by atoms with Crippen LogP contribution in [0.15, 0.2) is 12.1 Å². The molecular weight excluding hydrogens is 336 g/mol. The van der Waals surface area contributed by atoms with Crippen LogP contribution in [0.5, 0.6) is 0 Å². The summed E-state index contributed by atoms with van der Waals surface area (Å²) < 4.78 is 2.72. The molecule has 0 unspecified atom stereocenters. The fourth-order valence-corrected chi connectivity index (χ4v) is 114. The van der Waals surface area contributed by atoms with Gasteiger partial charge in [0.25, 0.3) is 0 Å². The molecule has 19 heavy (non-hydrogen) atoms. The lowest BCUT2D eigenvalue weighted by atomic mass is 10.7. The van der Waals surface area contributed by atoms with E-state index >= 15 is 0 Å². The second kappa shape index (κ2) is 5.25. The van der Waals surface area contributed by atoms with E-state index in [1.54, 1.807) is 4.50 Å². The molecule has 0 bridgehead atoms. The summed E-state index contributed by atoms with van der Waals surface area (Å²) in [5.74, 6) is 0. The van der Waals surface area contributed by atoms with Crippen molar-refractivity contribution in [2.24, 2.45) is 0 Å². The maximum Gasteiger partial charge on any atom is 0.0926 e. The van der Waals surface area contributed by atoms with Gasteiger partial charge in [-0.3, -0.25) is 0 Å². The van der Waals surface area contributed by atoms with E-state index in [2.05, 4.69) is 71.1 Å². The molecule has 1 aromatic rings. The molecule has 0 atom stereocenters. The summed E-state index contributed by atoms with van der Waals surface area (Å²) in [5.41, 5.74) is 0. The first-order valence-corrected chi connectivity index (χ1v) is 23.7. The second-order valence-corrected chi connectivity index (χ2v) is 51.0. The van der Waals surface area contributed by atoms with Crippen molar-refractivity contribution in [3.8, 4) is 0 Å². The molecule has 1 heterocycles. The average molecular weight is 365 g/mol. The molecule has 0 aromatic carbocycles. The fraction of sp³-hybridized carbons (Fsp3) is 0.692. The van der Waals surface area contributed by atoms with Gasteiger partial charge in [0.2, 0.25) is 0 Å². The monoisotopic (exact) mass is 364 g/mol. The molecule has 0 fully saturated rings. The topological polar surface area (TPSA) is 0 Å². The maximum absolute atomic E-state index is 6.30. The third-order valence-corrected chi connectivity index (χ3v) is 79.0. The Kier molecular flexibility index (Phi) is 4.94. The molecule has 0 aliphatic heterocycles. The molecule has 0 aliphatic rings. The van der Waals surface area contributed by atoms with Crippen LogP contribution in [0.2, 0.25) is 63.3 Å². The van der Waals surface area contributed by atoms with Crippen LogP contribution in [-0.2, 0) is 0 Å². The highest BCUT2D eigenvalue weighted by atomic mass is 35.5. The van der Waals surface area contributed by atoms with Crippen molar-refractivity contribution in [1.82, 2.24) is 0 Å². The Hall–Kier alpha value is 0.858. The number of rotatable bonds is 4. The molecule has 6 heteroatoms. The van der Waals surface area contributed by atoms with Crippen LogP contribution in [0.1, 0.15) is 0 Å². The molecule has 0 spiro atoms. The first kappa shape index (κ1) is 17.9. The highest BCUT2D eigenvalue weighted by molar-refractivity contribution is 7.94. The summed E-state index contributed by atoms with van der Waals surface area (Å²) in [4.78, 5) is 0. The van der Waals surface area contributed by atoms with Gasteiger partial charge in [-0.25, -0.2) is 0 Å². The predicted molar refractivity (Wildman–Crippen MR) is 105 cm³/mol. The summed E-state index contributed by atoms with van der Waals surface area (Å²) in [6.45, 7) is 22.3. The molecule has 0 radical (unpaired) electrons. The van der Waals surface area contributed by atoms with Crippen molar-refractivity contribution >= 4 is 56.8 Å². The zero-order chi connectivity index (χ0) is 15.3. The van der Waals surface area contributed by atoms with Gasteiger partial charge in [0, 0.05) is 22.8 Å². The lowest BCUT2D eigenvalue weighted by Gasteiger charge is -2.56. The normalized spacial score (nSPS) is 14.8. The van der Waals surface area contributed by atoms with Crippen LogP contribution >= 0.6 is 22.9 Å². The Labute approximate surface area is 132 Å². The summed E-state index contributed by atoms with van der Waals surface area (Å²) in [7, 11) is -3.66. The van der Waals surface area contributed by atoms with E-state index in [0.717, 1.165) is 4.34 Å². The van der Waals surface area contributed by atoms with Crippen molar-refractivity contribution in [3.63, 3.8) is 0 Å². The van der Waals surface area contributed by atoms with Crippen LogP contribution in [0, 0.1) is 0 Å². The first-order valence-electron chi connectivity index (χ1n) is 7.01. The van der Waals surface area contributed by atoms with Crippen LogP contribution < -0.4 is 4.50 Å². The molecule has 0 aliphatic carbocycles. The van der Waals surface area contributed by atoms with Crippen LogP contribution in [0.4, 0.5) is 0 Å². The van der Waals surface area contributed by atoms with E-state index in [-0.39, 0.29) is 0 Å². The lowest BCUT2D eigenvalue weighted by molar-refractivity contribution is 1.74. The van der Waals surface area contributed by atoms with Crippen LogP contribution in [0.25, 0.3) is 0 Å². The molecule has 0 N–H and O–H groups in total. The molecule has 1 rings (SSSR count). The quantitative estimate of drug-likeness (QED) is 0.635. The Morgan fingerprint density at radius 1 is 0.737 bits per heavy atom. The summed E-state index contributed by atoms with van der Waals surface area (Å²) in [6.07, 6.45) is 0. The SMILES string of the molecule is C[Si](C)(C)[Si](c1ccc(Cl)s1)([Si](C)(C)C)[Si](C)(C)C. The third kappa shape index (κ3) is 2.92. The van der Waals surface area contributed by atoms with Crippen molar-refractivity contribution < 1.29 is 0 Å². The molecular formula is C13H29ClSSi4. The van der Waals surface area contributed by atoms with E-state index in [4.69, 9.17) is 11.6 Å². The van der Waals surface area contributed by atoms with Gasteiger partial charge in [-0.15, -0.1) is 11.3 Å². The summed E-state index contributed by atoms with van der Waals surface area (Å²) in [5, 5.41) is 0. The summed E-state index contributed by atoms with van der Waals surface area (Å²) in [6, 6.07) is 4.54. The van der Waals surface area contributed by atoms with Gasteiger partial charge in [-0.05, 0) is 10.6 Å². The van der Waals surface area contributed by atoms with Gasteiger partial charge in [0.05, 0.1) is 11.0 Å². The standard InChI is InChI=1S/C13H29ClSSi4/c1-16(2,3)19(17(4,5)6,18(7,8)9)13-11-10-12(14)15-13/h10-11H,1-9H3. The zero-order valence-electron chi connectivity index (χ0n) is 13.9. The van der Waals surface area contributed by atoms with E-state index in [1.165, 1.54) is 0 Å². The number of halogens is 1. The predicted octanol–water partition coefficient (Wildman–Crippen LogP) is 5.31. The fourth-order valence-electron chi connectivity index (χ4n) is 5.00. The minimum absolute atomic E-state index is 0.988. The number of hydrogen-bond acceptors (Lipinski definition) is 1. The molecule has 0 saturated carbocycles. The number of hydrogen-bond donors (Lipinski definition) is 0. The van der Waals surface area contributed by atoms with Gasteiger partial charge in [-0.1, -0.05) is 76.6 Å². The Balaban J connectivity index is 3.75. The molecule has 0 nitrogen and oxygen atoms in total. The largest absolute Gasteiger partial charge is 0.134 e.